The minimum absolute atomic E-state index is 0. The highest BCUT2D eigenvalue weighted by molar-refractivity contribution is 5.85. The molecule has 4 nitrogen and oxygen atoms in total. The Balaban J connectivity index is 0.00000200. The van der Waals surface area contributed by atoms with Crippen LogP contribution >= 0.6 is 24.8 Å². The molecule has 0 aliphatic heterocycles. The van der Waals surface area contributed by atoms with Crippen LogP contribution in [0.1, 0.15) is 31.2 Å². The smallest absolute Gasteiger partial charge is 0.160 e. The summed E-state index contributed by atoms with van der Waals surface area (Å²) in [6, 6.07) is 6.33. The second-order valence-corrected chi connectivity index (χ2v) is 5.57. The molecule has 0 spiro atoms. The largest absolute Gasteiger partial charge is 0.493 e. The van der Waals surface area contributed by atoms with Crippen LogP contribution in [-0.2, 0) is 6.42 Å². The van der Waals surface area contributed by atoms with E-state index in [9.17, 15) is 0 Å². The van der Waals surface area contributed by atoms with Crippen LogP contribution in [0, 0.1) is 0 Å². The maximum absolute atomic E-state index is 6.49. The van der Waals surface area contributed by atoms with Crippen molar-refractivity contribution < 1.29 is 9.47 Å². The SMILES string of the molecule is COc1ccc(CC2(N)CCC(N)CC2)cc1OC.Cl.Cl. The molecule has 0 saturated heterocycles. The third-order valence-corrected chi connectivity index (χ3v) is 4.03. The Labute approximate surface area is 139 Å². The van der Waals surface area contributed by atoms with E-state index in [0.29, 0.717) is 6.04 Å². The molecule has 1 fully saturated rings. The predicted molar refractivity (Wildman–Crippen MR) is 91.1 cm³/mol. The van der Waals surface area contributed by atoms with Crippen LogP contribution in [0.3, 0.4) is 0 Å². The van der Waals surface area contributed by atoms with E-state index < -0.39 is 0 Å². The Morgan fingerprint density at radius 1 is 1.10 bits per heavy atom. The number of hydrogen-bond acceptors (Lipinski definition) is 4. The van der Waals surface area contributed by atoms with Gasteiger partial charge in [0.25, 0.3) is 0 Å². The van der Waals surface area contributed by atoms with Gasteiger partial charge in [-0.1, -0.05) is 6.07 Å². The molecule has 0 amide bonds. The zero-order chi connectivity index (χ0) is 13.9. The van der Waals surface area contributed by atoms with E-state index in [0.717, 1.165) is 43.6 Å². The molecule has 0 unspecified atom stereocenters. The van der Waals surface area contributed by atoms with Crippen LogP contribution in [0.4, 0.5) is 0 Å². The van der Waals surface area contributed by atoms with Crippen molar-refractivity contribution in [3.8, 4) is 11.5 Å². The lowest BCUT2D eigenvalue weighted by Gasteiger charge is -2.36. The van der Waals surface area contributed by atoms with Gasteiger partial charge in [-0.3, -0.25) is 0 Å². The number of hydrogen-bond donors (Lipinski definition) is 2. The van der Waals surface area contributed by atoms with Gasteiger partial charge in [-0.05, 0) is 49.8 Å². The summed E-state index contributed by atoms with van der Waals surface area (Å²) in [5.74, 6) is 1.51. The molecular formula is C15H26Cl2N2O2. The average molecular weight is 337 g/mol. The maximum atomic E-state index is 6.49. The number of rotatable bonds is 4. The van der Waals surface area contributed by atoms with E-state index in [-0.39, 0.29) is 30.4 Å². The fourth-order valence-corrected chi connectivity index (χ4v) is 2.79. The molecule has 2 rings (SSSR count). The Morgan fingerprint density at radius 2 is 1.67 bits per heavy atom. The van der Waals surface area contributed by atoms with E-state index in [1.807, 2.05) is 12.1 Å². The van der Waals surface area contributed by atoms with Gasteiger partial charge in [0.05, 0.1) is 14.2 Å². The first-order chi connectivity index (χ1) is 9.06. The van der Waals surface area contributed by atoms with Gasteiger partial charge in [0.15, 0.2) is 11.5 Å². The fraction of sp³-hybridized carbons (Fsp3) is 0.600. The molecule has 0 atom stereocenters. The fourth-order valence-electron chi connectivity index (χ4n) is 2.79. The molecule has 0 aromatic heterocycles. The molecular weight excluding hydrogens is 311 g/mol. The van der Waals surface area contributed by atoms with Crippen molar-refractivity contribution in [3.05, 3.63) is 23.8 Å². The minimum atomic E-state index is -0.129. The van der Waals surface area contributed by atoms with E-state index in [1.54, 1.807) is 14.2 Å². The normalized spacial score (nSPS) is 24.5. The molecule has 21 heavy (non-hydrogen) atoms. The van der Waals surface area contributed by atoms with Gasteiger partial charge in [0.2, 0.25) is 0 Å². The Bertz CT molecular complexity index is 436. The van der Waals surface area contributed by atoms with Crippen LogP contribution in [-0.4, -0.2) is 25.8 Å². The van der Waals surface area contributed by atoms with E-state index >= 15 is 0 Å². The number of benzene rings is 1. The summed E-state index contributed by atoms with van der Waals surface area (Å²) in [6.45, 7) is 0. The molecule has 1 aromatic carbocycles. The molecule has 4 N–H and O–H groups in total. The van der Waals surface area contributed by atoms with Crippen molar-refractivity contribution in [2.45, 2.75) is 43.7 Å². The van der Waals surface area contributed by atoms with Crippen molar-refractivity contribution >= 4 is 24.8 Å². The lowest BCUT2D eigenvalue weighted by atomic mass is 9.77. The van der Waals surface area contributed by atoms with Crippen LogP contribution in [0.15, 0.2) is 18.2 Å². The molecule has 0 heterocycles. The van der Waals surface area contributed by atoms with Gasteiger partial charge in [-0.2, -0.15) is 0 Å². The molecule has 1 aromatic rings. The molecule has 122 valence electrons. The first-order valence-electron chi connectivity index (χ1n) is 6.82. The summed E-state index contributed by atoms with van der Waals surface area (Å²) in [5.41, 5.74) is 13.5. The lowest BCUT2D eigenvalue weighted by molar-refractivity contribution is 0.271. The minimum Gasteiger partial charge on any atom is -0.493 e. The molecule has 1 saturated carbocycles. The van der Waals surface area contributed by atoms with Gasteiger partial charge in [0.1, 0.15) is 0 Å². The lowest BCUT2D eigenvalue weighted by Crippen LogP contribution is -2.47. The zero-order valence-corrected chi connectivity index (χ0v) is 14.3. The van der Waals surface area contributed by atoms with Gasteiger partial charge in [0, 0.05) is 11.6 Å². The van der Waals surface area contributed by atoms with E-state index in [4.69, 9.17) is 20.9 Å². The van der Waals surface area contributed by atoms with Crippen LogP contribution < -0.4 is 20.9 Å². The topological polar surface area (TPSA) is 70.5 Å². The molecule has 6 heteroatoms. The van der Waals surface area contributed by atoms with Gasteiger partial charge in [-0.25, -0.2) is 0 Å². The van der Waals surface area contributed by atoms with Crippen molar-refractivity contribution in [1.82, 2.24) is 0 Å². The number of ether oxygens (including phenoxy) is 2. The highest BCUT2D eigenvalue weighted by Crippen LogP contribution is 2.32. The second kappa shape index (κ2) is 8.69. The van der Waals surface area contributed by atoms with Crippen molar-refractivity contribution in [2.75, 3.05) is 14.2 Å². The van der Waals surface area contributed by atoms with Crippen LogP contribution in [0.25, 0.3) is 0 Å². The Kier molecular flexibility index (Phi) is 8.41. The van der Waals surface area contributed by atoms with E-state index in [2.05, 4.69) is 6.07 Å². The van der Waals surface area contributed by atoms with Crippen molar-refractivity contribution in [1.29, 1.82) is 0 Å². The predicted octanol–water partition coefficient (Wildman–Crippen LogP) is 2.69. The monoisotopic (exact) mass is 336 g/mol. The summed E-state index contributed by atoms with van der Waals surface area (Å²) in [5, 5.41) is 0. The molecule has 1 aliphatic carbocycles. The zero-order valence-electron chi connectivity index (χ0n) is 12.6. The van der Waals surface area contributed by atoms with E-state index in [1.165, 1.54) is 5.56 Å². The average Bonchev–Trinajstić information content (AvgIpc) is 2.42. The molecule has 0 radical (unpaired) electrons. The quantitative estimate of drug-likeness (QED) is 0.886. The van der Waals surface area contributed by atoms with Gasteiger partial charge >= 0.3 is 0 Å². The maximum Gasteiger partial charge on any atom is 0.160 e. The summed E-state index contributed by atoms with van der Waals surface area (Å²) >= 11 is 0. The first-order valence-corrected chi connectivity index (χ1v) is 6.82. The Morgan fingerprint density at radius 3 is 2.19 bits per heavy atom. The van der Waals surface area contributed by atoms with Crippen molar-refractivity contribution in [3.63, 3.8) is 0 Å². The van der Waals surface area contributed by atoms with Gasteiger partial charge < -0.3 is 20.9 Å². The first kappa shape index (κ1) is 20.3. The van der Waals surface area contributed by atoms with Crippen molar-refractivity contribution in [2.24, 2.45) is 11.5 Å². The van der Waals surface area contributed by atoms with Gasteiger partial charge in [-0.15, -0.1) is 24.8 Å². The Hall–Kier alpha value is -0.680. The highest BCUT2D eigenvalue weighted by atomic mass is 35.5. The standard InChI is InChI=1S/C15H24N2O2.2ClH/c1-18-13-4-3-11(9-14(13)19-2)10-15(17)7-5-12(16)6-8-15;;/h3-4,9,12H,5-8,10,16-17H2,1-2H3;2*1H. The summed E-state index contributed by atoms with van der Waals surface area (Å²) in [6.07, 6.45) is 4.87. The molecule has 1 aliphatic rings. The summed E-state index contributed by atoms with van der Waals surface area (Å²) in [7, 11) is 3.30. The van der Waals surface area contributed by atoms with Crippen LogP contribution in [0.2, 0.25) is 0 Å². The number of nitrogens with two attached hydrogens (primary N) is 2. The number of halogens is 2. The highest BCUT2D eigenvalue weighted by Gasteiger charge is 2.30. The second-order valence-electron chi connectivity index (χ2n) is 5.57. The third kappa shape index (κ3) is 5.22. The summed E-state index contributed by atoms with van der Waals surface area (Å²) in [4.78, 5) is 0. The summed E-state index contributed by atoms with van der Waals surface area (Å²) < 4.78 is 10.6. The molecule has 0 bridgehead atoms. The third-order valence-electron chi connectivity index (χ3n) is 4.03. The number of methoxy groups -OCH3 is 2. The van der Waals surface area contributed by atoms with Crippen LogP contribution in [0.5, 0.6) is 11.5 Å².